The predicted molar refractivity (Wildman–Crippen MR) is 87.7 cm³/mol. The number of hydrogen-bond acceptors (Lipinski definition) is 4. The number of nitrogens with zero attached hydrogens (tertiary/aromatic N) is 2. The van der Waals surface area contributed by atoms with Crippen molar-refractivity contribution >= 4 is 5.91 Å². The second-order valence-corrected chi connectivity index (χ2v) is 6.13. The standard InChI is InChI=1S/C18H23N3O2/c1-13-16(14(2)23-20-13)11-19-18(22)17-9-6-10-21(17)12-15-7-4-3-5-8-15/h3-5,7-8,17H,6,9-12H2,1-2H3,(H,19,22)/t17-/m0/s1. The van der Waals surface area contributed by atoms with E-state index in [2.05, 4.69) is 27.5 Å². The van der Waals surface area contributed by atoms with Gasteiger partial charge in [0.15, 0.2) is 0 Å². The SMILES string of the molecule is Cc1noc(C)c1CNC(=O)[C@@H]1CCCN1Cc1ccccc1. The summed E-state index contributed by atoms with van der Waals surface area (Å²) in [4.78, 5) is 14.8. The van der Waals surface area contributed by atoms with Crippen LogP contribution < -0.4 is 5.32 Å². The fraction of sp³-hybridized carbons (Fsp3) is 0.444. The van der Waals surface area contributed by atoms with E-state index in [4.69, 9.17) is 4.52 Å². The van der Waals surface area contributed by atoms with Crippen molar-refractivity contribution in [2.45, 2.75) is 45.8 Å². The number of benzene rings is 1. The lowest BCUT2D eigenvalue weighted by Gasteiger charge is -2.23. The molecule has 5 nitrogen and oxygen atoms in total. The van der Waals surface area contributed by atoms with Crippen molar-refractivity contribution in [2.24, 2.45) is 0 Å². The molecule has 1 aliphatic heterocycles. The first-order valence-electron chi connectivity index (χ1n) is 8.12. The molecule has 0 radical (unpaired) electrons. The van der Waals surface area contributed by atoms with E-state index >= 15 is 0 Å². The van der Waals surface area contributed by atoms with E-state index in [0.717, 1.165) is 42.9 Å². The summed E-state index contributed by atoms with van der Waals surface area (Å²) in [6.07, 6.45) is 1.98. The molecule has 0 aliphatic carbocycles. The molecule has 5 heteroatoms. The summed E-state index contributed by atoms with van der Waals surface area (Å²) in [7, 11) is 0. The summed E-state index contributed by atoms with van der Waals surface area (Å²) in [5, 5.41) is 6.97. The third-order valence-electron chi connectivity index (χ3n) is 4.52. The van der Waals surface area contributed by atoms with Crippen molar-refractivity contribution in [1.29, 1.82) is 0 Å². The Hall–Kier alpha value is -2.14. The molecule has 1 amide bonds. The van der Waals surface area contributed by atoms with E-state index < -0.39 is 0 Å². The number of amides is 1. The highest BCUT2D eigenvalue weighted by Gasteiger charge is 2.30. The van der Waals surface area contributed by atoms with Crippen molar-refractivity contribution in [3.63, 3.8) is 0 Å². The molecule has 1 N–H and O–H groups in total. The van der Waals surface area contributed by atoms with Gasteiger partial charge in [0, 0.05) is 18.7 Å². The topological polar surface area (TPSA) is 58.4 Å². The van der Waals surface area contributed by atoms with Crippen LogP contribution in [0.15, 0.2) is 34.9 Å². The van der Waals surface area contributed by atoms with Crippen molar-refractivity contribution in [2.75, 3.05) is 6.54 Å². The van der Waals surface area contributed by atoms with Crippen LogP contribution in [0.3, 0.4) is 0 Å². The Morgan fingerprint density at radius 1 is 1.35 bits per heavy atom. The van der Waals surface area contributed by atoms with Crippen LogP contribution in [0.2, 0.25) is 0 Å². The summed E-state index contributed by atoms with van der Waals surface area (Å²) < 4.78 is 5.14. The van der Waals surface area contributed by atoms with Gasteiger partial charge < -0.3 is 9.84 Å². The highest BCUT2D eigenvalue weighted by molar-refractivity contribution is 5.82. The van der Waals surface area contributed by atoms with Gasteiger partial charge in [0.2, 0.25) is 5.91 Å². The smallest absolute Gasteiger partial charge is 0.237 e. The molecule has 2 aromatic rings. The van der Waals surface area contributed by atoms with E-state index in [-0.39, 0.29) is 11.9 Å². The highest BCUT2D eigenvalue weighted by Crippen LogP contribution is 2.20. The number of aryl methyl sites for hydroxylation is 2. The van der Waals surface area contributed by atoms with Gasteiger partial charge in [-0.15, -0.1) is 0 Å². The first kappa shape index (κ1) is 15.7. The summed E-state index contributed by atoms with van der Waals surface area (Å²) in [6, 6.07) is 10.3. The lowest BCUT2D eigenvalue weighted by molar-refractivity contribution is -0.125. The highest BCUT2D eigenvalue weighted by atomic mass is 16.5. The minimum Gasteiger partial charge on any atom is -0.361 e. The fourth-order valence-electron chi connectivity index (χ4n) is 3.18. The van der Waals surface area contributed by atoms with Crippen molar-refractivity contribution in [1.82, 2.24) is 15.4 Å². The summed E-state index contributed by atoms with van der Waals surface area (Å²) in [5.41, 5.74) is 3.07. The monoisotopic (exact) mass is 313 g/mol. The van der Waals surface area contributed by atoms with E-state index in [1.807, 2.05) is 32.0 Å². The zero-order valence-electron chi connectivity index (χ0n) is 13.7. The maximum absolute atomic E-state index is 12.6. The number of nitrogens with one attached hydrogen (secondary N) is 1. The van der Waals surface area contributed by atoms with Crippen LogP contribution in [-0.2, 0) is 17.9 Å². The molecule has 1 saturated heterocycles. The van der Waals surface area contributed by atoms with Gasteiger partial charge in [-0.1, -0.05) is 35.5 Å². The average Bonchev–Trinajstić information content (AvgIpc) is 3.14. The van der Waals surface area contributed by atoms with E-state index in [0.29, 0.717) is 6.54 Å². The van der Waals surface area contributed by atoms with Gasteiger partial charge >= 0.3 is 0 Å². The summed E-state index contributed by atoms with van der Waals surface area (Å²) in [5.74, 6) is 0.869. The van der Waals surface area contributed by atoms with Gasteiger partial charge in [0.05, 0.1) is 11.7 Å². The molecule has 122 valence electrons. The molecular weight excluding hydrogens is 290 g/mol. The Kier molecular flexibility index (Phi) is 4.76. The first-order valence-corrected chi connectivity index (χ1v) is 8.12. The van der Waals surface area contributed by atoms with Gasteiger partial charge in [0.1, 0.15) is 5.76 Å². The molecule has 0 saturated carbocycles. The normalized spacial score (nSPS) is 18.3. The Bertz CT molecular complexity index is 647. The second-order valence-electron chi connectivity index (χ2n) is 6.13. The van der Waals surface area contributed by atoms with Gasteiger partial charge in [0.25, 0.3) is 0 Å². The molecule has 1 aliphatic rings. The second kappa shape index (κ2) is 6.96. The van der Waals surface area contributed by atoms with E-state index in [1.165, 1.54) is 5.56 Å². The molecular formula is C18H23N3O2. The van der Waals surface area contributed by atoms with Crippen molar-refractivity contribution in [3.8, 4) is 0 Å². The molecule has 2 heterocycles. The van der Waals surface area contributed by atoms with Gasteiger partial charge in [-0.05, 0) is 38.8 Å². The van der Waals surface area contributed by atoms with E-state index in [9.17, 15) is 4.79 Å². The van der Waals surface area contributed by atoms with Gasteiger partial charge in [-0.3, -0.25) is 9.69 Å². The third kappa shape index (κ3) is 3.62. The zero-order valence-corrected chi connectivity index (χ0v) is 13.7. The van der Waals surface area contributed by atoms with Crippen LogP contribution in [0.1, 0.15) is 35.4 Å². The lowest BCUT2D eigenvalue weighted by atomic mass is 10.1. The number of carbonyl (C=O) groups excluding carboxylic acids is 1. The number of aromatic nitrogens is 1. The van der Waals surface area contributed by atoms with Crippen LogP contribution in [-0.4, -0.2) is 28.6 Å². The largest absolute Gasteiger partial charge is 0.361 e. The quantitative estimate of drug-likeness (QED) is 0.922. The Morgan fingerprint density at radius 2 is 2.13 bits per heavy atom. The Morgan fingerprint density at radius 3 is 2.83 bits per heavy atom. The van der Waals surface area contributed by atoms with Crippen molar-refractivity contribution < 1.29 is 9.32 Å². The molecule has 0 unspecified atom stereocenters. The Balaban J connectivity index is 1.60. The van der Waals surface area contributed by atoms with Crippen LogP contribution in [0.4, 0.5) is 0 Å². The molecule has 1 aromatic heterocycles. The molecule has 1 fully saturated rings. The fourth-order valence-corrected chi connectivity index (χ4v) is 3.18. The Labute approximate surface area is 136 Å². The minimum absolute atomic E-state index is 0.0457. The first-order chi connectivity index (χ1) is 11.1. The number of hydrogen-bond donors (Lipinski definition) is 1. The maximum Gasteiger partial charge on any atom is 0.237 e. The molecule has 3 rings (SSSR count). The van der Waals surface area contributed by atoms with Crippen molar-refractivity contribution in [3.05, 3.63) is 52.9 Å². The zero-order chi connectivity index (χ0) is 16.2. The van der Waals surface area contributed by atoms with Crippen LogP contribution in [0.5, 0.6) is 0 Å². The number of likely N-dealkylation sites (tertiary alicyclic amines) is 1. The molecule has 0 bridgehead atoms. The van der Waals surface area contributed by atoms with Crippen LogP contribution >= 0.6 is 0 Å². The third-order valence-corrected chi connectivity index (χ3v) is 4.52. The molecule has 23 heavy (non-hydrogen) atoms. The lowest BCUT2D eigenvalue weighted by Crippen LogP contribution is -2.42. The van der Waals surface area contributed by atoms with Gasteiger partial charge in [-0.2, -0.15) is 0 Å². The minimum atomic E-state index is -0.0457. The molecule has 0 spiro atoms. The van der Waals surface area contributed by atoms with Crippen LogP contribution in [0, 0.1) is 13.8 Å². The van der Waals surface area contributed by atoms with E-state index in [1.54, 1.807) is 0 Å². The predicted octanol–water partition coefficient (Wildman–Crippen LogP) is 2.57. The maximum atomic E-state index is 12.6. The van der Waals surface area contributed by atoms with Crippen LogP contribution in [0.25, 0.3) is 0 Å². The number of rotatable bonds is 5. The number of carbonyl (C=O) groups is 1. The molecule has 1 aromatic carbocycles. The average molecular weight is 313 g/mol. The summed E-state index contributed by atoms with van der Waals surface area (Å²) >= 11 is 0. The van der Waals surface area contributed by atoms with Gasteiger partial charge in [-0.25, -0.2) is 0 Å². The summed E-state index contributed by atoms with van der Waals surface area (Å²) in [6.45, 7) is 6.05. The molecule has 1 atom stereocenters.